The molecule has 0 aliphatic heterocycles. The average molecular weight is 413 g/mol. The van der Waals surface area contributed by atoms with Crippen molar-refractivity contribution in [2.75, 3.05) is 6.61 Å². The third-order valence-electron chi connectivity index (χ3n) is 3.72. The number of hydrazine groups is 1. The van der Waals surface area contributed by atoms with E-state index in [0.717, 1.165) is 23.3 Å². The third kappa shape index (κ3) is 5.58. The van der Waals surface area contributed by atoms with Crippen LogP contribution in [0.5, 0.6) is 5.75 Å². The second-order valence-electron chi connectivity index (χ2n) is 6.23. The standard InChI is InChI=1S/C19H19Cl2FN2O3/c1-10(2)12-5-4-11(3)6-17(12)27-9-18(25)23-24-19(26)13-7-16(22)15(21)8-14(13)20/h4-8,10H,9H2,1-3H3,(H,23,25)(H,24,26). The van der Waals surface area contributed by atoms with Crippen LogP contribution in [0.1, 0.15) is 41.3 Å². The fraction of sp³-hybridized carbons (Fsp3) is 0.263. The molecule has 0 atom stereocenters. The van der Waals surface area contributed by atoms with E-state index < -0.39 is 17.6 Å². The Bertz CT molecular complexity index is 872. The second kappa shape index (κ2) is 9.06. The maximum atomic E-state index is 13.5. The maximum Gasteiger partial charge on any atom is 0.276 e. The molecule has 0 saturated heterocycles. The Hall–Kier alpha value is -2.31. The molecule has 0 unspecified atom stereocenters. The SMILES string of the molecule is Cc1ccc(C(C)C)c(OCC(=O)NNC(=O)c2cc(F)c(Cl)cc2Cl)c1. The Balaban J connectivity index is 1.95. The van der Waals surface area contributed by atoms with Crippen LogP contribution >= 0.6 is 23.2 Å². The third-order valence-corrected chi connectivity index (χ3v) is 4.32. The van der Waals surface area contributed by atoms with E-state index in [1.54, 1.807) is 0 Å². The van der Waals surface area contributed by atoms with Gasteiger partial charge in [-0.05, 0) is 42.2 Å². The van der Waals surface area contributed by atoms with Crippen LogP contribution in [0, 0.1) is 12.7 Å². The largest absolute Gasteiger partial charge is 0.483 e. The predicted molar refractivity (Wildman–Crippen MR) is 103 cm³/mol. The quantitative estimate of drug-likeness (QED) is 0.564. The lowest BCUT2D eigenvalue weighted by Gasteiger charge is -2.15. The number of hydrogen-bond acceptors (Lipinski definition) is 3. The lowest BCUT2D eigenvalue weighted by atomic mass is 10.0. The molecule has 0 aromatic heterocycles. The maximum absolute atomic E-state index is 13.5. The highest BCUT2D eigenvalue weighted by Gasteiger charge is 2.15. The Morgan fingerprint density at radius 1 is 1.11 bits per heavy atom. The summed E-state index contributed by atoms with van der Waals surface area (Å²) in [7, 11) is 0. The molecule has 27 heavy (non-hydrogen) atoms. The highest BCUT2D eigenvalue weighted by atomic mass is 35.5. The van der Waals surface area contributed by atoms with E-state index in [4.69, 9.17) is 27.9 Å². The molecule has 0 aliphatic carbocycles. The molecule has 0 bridgehead atoms. The first-order valence-corrected chi connectivity index (χ1v) is 8.91. The number of ether oxygens (including phenoxy) is 1. The molecular formula is C19H19Cl2FN2O3. The van der Waals surface area contributed by atoms with Crippen molar-refractivity contribution in [2.45, 2.75) is 26.7 Å². The van der Waals surface area contributed by atoms with E-state index in [1.165, 1.54) is 0 Å². The fourth-order valence-corrected chi connectivity index (χ4v) is 2.78. The number of nitrogens with one attached hydrogen (secondary N) is 2. The zero-order chi connectivity index (χ0) is 20.1. The van der Waals surface area contributed by atoms with Gasteiger partial charge in [0.1, 0.15) is 11.6 Å². The van der Waals surface area contributed by atoms with E-state index in [0.29, 0.717) is 5.75 Å². The lowest BCUT2D eigenvalue weighted by Crippen LogP contribution is -2.44. The van der Waals surface area contributed by atoms with Crippen LogP contribution in [0.3, 0.4) is 0 Å². The smallest absolute Gasteiger partial charge is 0.276 e. The summed E-state index contributed by atoms with van der Waals surface area (Å²) >= 11 is 11.5. The van der Waals surface area contributed by atoms with E-state index >= 15 is 0 Å². The first-order chi connectivity index (χ1) is 12.7. The van der Waals surface area contributed by atoms with E-state index in [2.05, 4.69) is 10.9 Å². The number of halogens is 3. The monoisotopic (exact) mass is 412 g/mol. The van der Waals surface area contributed by atoms with Gasteiger partial charge in [-0.3, -0.25) is 20.4 Å². The minimum Gasteiger partial charge on any atom is -0.483 e. The molecule has 2 amide bonds. The number of amides is 2. The van der Waals surface area contributed by atoms with Crippen molar-refractivity contribution < 1.29 is 18.7 Å². The van der Waals surface area contributed by atoms with Gasteiger partial charge in [-0.2, -0.15) is 0 Å². The van der Waals surface area contributed by atoms with Crippen molar-refractivity contribution in [1.29, 1.82) is 0 Å². The summed E-state index contributed by atoms with van der Waals surface area (Å²) in [6, 6.07) is 7.77. The molecule has 144 valence electrons. The van der Waals surface area contributed by atoms with E-state index in [-0.39, 0.29) is 28.1 Å². The predicted octanol–water partition coefficient (Wildman–Crippen LogP) is 4.40. The van der Waals surface area contributed by atoms with Gasteiger partial charge in [-0.15, -0.1) is 0 Å². The number of rotatable bonds is 5. The Morgan fingerprint density at radius 3 is 2.48 bits per heavy atom. The first kappa shape index (κ1) is 21.0. The number of hydrogen-bond donors (Lipinski definition) is 2. The van der Waals surface area contributed by atoms with Crippen LogP contribution in [-0.4, -0.2) is 18.4 Å². The van der Waals surface area contributed by atoms with Gasteiger partial charge >= 0.3 is 0 Å². The van der Waals surface area contributed by atoms with E-state index in [1.807, 2.05) is 39.0 Å². The molecule has 0 spiro atoms. The van der Waals surface area contributed by atoms with Crippen LogP contribution in [0.25, 0.3) is 0 Å². The summed E-state index contributed by atoms with van der Waals surface area (Å²) in [6.45, 7) is 5.66. The zero-order valence-corrected chi connectivity index (χ0v) is 16.5. The summed E-state index contributed by atoms with van der Waals surface area (Å²) in [4.78, 5) is 24.0. The van der Waals surface area contributed by atoms with Gasteiger partial charge < -0.3 is 4.74 Å². The van der Waals surface area contributed by atoms with Gasteiger partial charge in [0.15, 0.2) is 6.61 Å². The molecule has 0 fully saturated rings. The normalized spacial score (nSPS) is 10.6. The summed E-state index contributed by atoms with van der Waals surface area (Å²) in [6.07, 6.45) is 0. The lowest BCUT2D eigenvalue weighted by molar-refractivity contribution is -0.123. The molecule has 2 rings (SSSR count). The molecule has 2 N–H and O–H groups in total. The summed E-state index contributed by atoms with van der Waals surface area (Å²) in [5.41, 5.74) is 6.18. The number of aryl methyl sites for hydroxylation is 1. The highest BCUT2D eigenvalue weighted by molar-refractivity contribution is 6.36. The van der Waals surface area contributed by atoms with Crippen LogP contribution in [0.2, 0.25) is 10.0 Å². The van der Waals surface area contributed by atoms with Gasteiger partial charge in [-0.25, -0.2) is 4.39 Å². The Morgan fingerprint density at radius 2 is 1.81 bits per heavy atom. The van der Waals surface area contributed by atoms with Crippen LogP contribution in [-0.2, 0) is 4.79 Å². The van der Waals surface area contributed by atoms with Crippen molar-refractivity contribution in [3.05, 3.63) is 62.9 Å². The average Bonchev–Trinajstić information content (AvgIpc) is 2.60. The van der Waals surface area contributed by atoms with Crippen LogP contribution in [0.4, 0.5) is 4.39 Å². The van der Waals surface area contributed by atoms with E-state index in [9.17, 15) is 14.0 Å². The molecular weight excluding hydrogens is 394 g/mol. The molecule has 0 heterocycles. The van der Waals surface area contributed by atoms with Gasteiger partial charge in [0.05, 0.1) is 15.6 Å². The van der Waals surface area contributed by atoms with Crippen LogP contribution in [0.15, 0.2) is 30.3 Å². The summed E-state index contributed by atoms with van der Waals surface area (Å²) < 4.78 is 19.1. The van der Waals surface area contributed by atoms with Gasteiger partial charge in [-0.1, -0.05) is 49.2 Å². The van der Waals surface area contributed by atoms with Crippen molar-refractivity contribution >= 4 is 35.0 Å². The molecule has 0 aliphatic rings. The van der Waals surface area contributed by atoms with Gasteiger partial charge in [0.25, 0.3) is 11.8 Å². The van der Waals surface area contributed by atoms with Crippen molar-refractivity contribution in [3.63, 3.8) is 0 Å². The number of carbonyl (C=O) groups excluding carboxylic acids is 2. The molecule has 2 aromatic rings. The summed E-state index contributed by atoms with van der Waals surface area (Å²) in [5, 5.41) is -0.237. The minimum absolute atomic E-state index is 0.0364. The van der Waals surface area contributed by atoms with Gasteiger partial charge in [0.2, 0.25) is 0 Å². The van der Waals surface area contributed by atoms with Crippen LogP contribution < -0.4 is 15.6 Å². The molecule has 5 nitrogen and oxygen atoms in total. The van der Waals surface area contributed by atoms with Crippen molar-refractivity contribution in [1.82, 2.24) is 10.9 Å². The fourth-order valence-electron chi connectivity index (χ4n) is 2.31. The Kier molecular flexibility index (Phi) is 7.05. The van der Waals surface area contributed by atoms with Crippen molar-refractivity contribution in [3.8, 4) is 5.75 Å². The second-order valence-corrected chi connectivity index (χ2v) is 7.05. The van der Waals surface area contributed by atoms with Gasteiger partial charge in [0, 0.05) is 0 Å². The molecule has 0 saturated carbocycles. The first-order valence-electron chi connectivity index (χ1n) is 8.16. The molecule has 8 heteroatoms. The molecule has 0 radical (unpaired) electrons. The Labute approximate surface area is 166 Å². The zero-order valence-electron chi connectivity index (χ0n) is 15.0. The highest BCUT2D eigenvalue weighted by Crippen LogP contribution is 2.27. The summed E-state index contributed by atoms with van der Waals surface area (Å²) in [5.74, 6) is -1.31. The number of benzene rings is 2. The minimum atomic E-state index is -0.790. The number of carbonyl (C=O) groups is 2. The molecule has 2 aromatic carbocycles. The topological polar surface area (TPSA) is 67.4 Å². The van der Waals surface area contributed by atoms with Crippen molar-refractivity contribution in [2.24, 2.45) is 0 Å².